The SMILES string of the molecule is Cc1nnc(NC(=O)C(=O)Nc2nc3c(C)cccc3s2)s1. The number of nitrogens with one attached hydrogen (secondary N) is 2. The molecule has 0 bridgehead atoms. The Hall–Kier alpha value is -2.39. The van der Waals surface area contributed by atoms with Crippen LogP contribution in [-0.2, 0) is 9.59 Å². The third-order valence-corrected chi connectivity index (χ3v) is 4.48. The molecule has 22 heavy (non-hydrogen) atoms. The number of aryl methyl sites for hydroxylation is 2. The van der Waals surface area contributed by atoms with Gasteiger partial charge in [-0.05, 0) is 25.5 Å². The molecular weight excluding hydrogens is 322 g/mol. The van der Waals surface area contributed by atoms with E-state index in [1.54, 1.807) is 6.92 Å². The molecule has 2 heterocycles. The van der Waals surface area contributed by atoms with Gasteiger partial charge in [-0.25, -0.2) is 4.98 Å². The maximum atomic E-state index is 11.9. The van der Waals surface area contributed by atoms with Crippen molar-refractivity contribution < 1.29 is 9.59 Å². The van der Waals surface area contributed by atoms with Crippen molar-refractivity contribution in [3.05, 3.63) is 28.8 Å². The zero-order valence-corrected chi connectivity index (χ0v) is 13.3. The number of para-hydroxylation sites is 1. The fourth-order valence-corrected chi connectivity index (χ4v) is 3.32. The van der Waals surface area contributed by atoms with Gasteiger partial charge in [-0.15, -0.1) is 10.2 Å². The summed E-state index contributed by atoms with van der Waals surface area (Å²) in [4.78, 5) is 28.0. The minimum Gasteiger partial charge on any atom is -0.294 e. The summed E-state index contributed by atoms with van der Waals surface area (Å²) in [6, 6.07) is 5.78. The lowest BCUT2D eigenvalue weighted by molar-refractivity contribution is -0.133. The number of hydrogen-bond acceptors (Lipinski definition) is 7. The van der Waals surface area contributed by atoms with Gasteiger partial charge in [0.2, 0.25) is 5.13 Å². The number of aromatic nitrogens is 3. The molecule has 0 saturated carbocycles. The maximum Gasteiger partial charge on any atom is 0.315 e. The third kappa shape index (κ3) is 2.95. The molecule has 0 aliphatic rings. The summed E-state index contributed by atoms with van der Waals surface area (Å²) in [5, 5.41) is 13.8. The van der Waals surface area contributed by atoms with E-state index in [4.69, 9.17) is 0 Å². The molecule has 0 spiro atoms. The molecule has 0 unspecified atom stereocenters. The zero-order chi connectivity index (χ0) is 15.7. The molecule has 0 aliphatic heterocycles. The first-order valence-electron chi connectivity index (χ1n) is 6.31. The molecular formula is C13H11N5O2S2. The molecule has 1 aromatic carbocycles. The van der Waals surface area contributed by atoms with Crippen LogP contribution in [0.15, 0.2) is 18.2 Å². The molecule has 0 radical (unpaired) electrons. The zero-order valence-electron chi connectivity index (χ0n) is 11.7. The van der Waals surface area contributed by atoms with Gasteiger partial charge in [-0.2, -0.15) is 0 Å². The highest BCUT2D eigenvalue weighted by atomic mass is 32.1. The normalized spacial score (nSPS) is 10.6. The van der Waals surface area contributed by atoms with Crippen LogP contribution in [0.2, 0.25) is 0 Å². The number of benzene rings is 1. The molecule has 112 valence electrons. The fourth-order valence-electron chi connectivity index (χ4n) is 1.79. The predicted molar refractivity (Wildman–Crippen MR) is 86.3 cm³/mol. The summed E-state index contributed by atoms with van der Waals surface area (Å²) < 4.78 is 0.954. The van der Waals surface area contributed by atoms with Crippen molar-refractivity contribution in [2.45, 2.75) is 13.8 Å². The van der Waals surface area contributed by atoms with Crippen molar-refractivity contribution in [1.82, 2.24) is 15.2 Å². The second-order valence-corrected chi connectivity index (χ2v) is 6.69. The lowest BCUT2D eigenvalue weighted by atomic mass is 10.2. The maximum absolute atomic E-state index is 11.9. The van der Waals surface area contributed by atoms with Gasteiger partial charge in [0, 0.05) is 0 Å². The van der Waals surface area contributed by atoms with Gasteiger partial charge in [0.15, 0.2) is 5.13 Å². The molecule has 0 fully saturated rings. The van der Waals surface area contributed by atoms with Gasteiger partial charge in [0.1, 0.15) is 5.01 Å². The Morgan fingerprint density at radius 1 is 1.00 bits per heavy atom. The molecule has 7 nitrogen and oxygen atoms in total. The quantitative estimate of drug-likeness (QED) is 0.702. The highest BCUT2D eigenvalue weighted by molar-refractivity contribution is 7.22. The molecule has 3 aromatic rings. The van der Waals surface area contributed by atoms with Crippen LogP contribution >= 0.6 is 22.7 Å². The van der Waals surface area contributed by atoms with E-state index in [1.807, 2.05) is 25.1 Å². The first kappa shape index (κ1) is 14.5. The van der Waals surface area contributed by atoms with Crippen LogP contribution in [0, 0.1) is 13.8 Å². The Morgan fingerprint density at radius 3 is 2.36 bits per heavy atom. The second-order valence-electron chi connectivity index (χ2n) is 4.48. The Bertz CT molecular complexity index is 870. The predicted octanol–water partition coefficient (Wildman–Crippen LogP) is 2.34. The van der Waals surface area contributed by atoms with E-state index in [1.165, 1.54) is 22.7 Å². The van der Waals surface area contributed by atoms with Crippen LogP contribution in [0.5, 0.6) is 0 Å². The average molecular weight is 333 g/mol. The minimum atomic E-state index is -0.799. The van der Waals surface area contributed by atoms with Crippen LogP contribution < -0.4 is 10.6 Å². The van der Waals surface area contributed by atoms with Crippen LogP contribution in [0.25, 0.3) is 10.2 Å². The minimum absolute atomic E-state index is 0.290. The van der Waals surface area contributed by atoms with Gasteiger partial charge in [0.25, 0.3) is 0 Å². The molecule has 0 aliphatic carbocycles. The van der Waals surface area contributed by atoms with Crippen LogP contribution in [-0.4, -0.2) is 27.0 Å². The van der Waals surface area contributed by atoms with E-state index in [0.29, 0.717) is 10.1 Å². The summed E-state index contributed by atoms with van der Waals surface area (Å²) in [6.45, 7) is 3.70. The van der Waals surface area contributed by atoms with Crippen LogP contribution in [0.4, 0.5) is 10.3 Å². The number of amides is 2. The number of anilines is 2. The van der Waals surface area contributed by atoms with Gasteiger partial charge >= 0.3 is 11.8 Å². The summed E-state index contributed by atoms with van der Waals surface area (Å²) in [5.74, 6) is -1.59. The Kier molecular flexibility index (Phi) is 3.82. The molecule has 3 rings (SSSR count). The number of fused-ring (bicyclic) bond motifs is 1. The number of carbonyl (C=O) groups excluding carboxylic acids is 2. The van der Waals surface area contributed by atoms with Crippen molar-refractivity contribution in [3.63, 3.8) is 0 Å². The second kappa shape index (κ2) is 5.78. The van der Waals surface area contributed by atoms with Crippen LogP contribution in [0.3, 0.4) is 0 Å². The molecule has 9 heteroatoms. The van der Waals surface area contributed by atoms with Crippen LogP contribution in [0.1, 0.15) is 10.6 Å². The summed E-state index contributed by atoms with van der Waals surface area (Å²) in [6.07, 6.45) is 0. The van der Waals surface area contributed by atoms with Gasteiger partial charge in [0.05, 0.1) is 10.2 Å². The van der Waals surface area contributed by atoms with Crippen molar-refractivity contribution in [2.24, 2.45) is 0 Å². The average Bonchev–Trinajstić information content (AvgIpc) is 3.05. The Morgan fingerprint density at radius 2 is 1.73 bits per heavy atom. The third-order valence-electron chi connectivity index (χ3n) is 2.79. The van der Waals surface area contributed by atoms with E-state index in [-0.39, 0.29) is 5.13 Å². The lowest BCUT2D eigenvalue weighted by Gasteiger charge is -2.00. The molecule has 2 amide bonds. The van der Waals surface area contributed by atoms with E-state index in [2.05, 4.69) is 25.8 Å². The van der Waals surface area contributed by atoms with Crippen molar-refractivity contribution >= 4 is 55.0 Å². The van der Waals surface area contributed by atoms with Crippen molar-refractivity contribution in [2.75, 3.05) is 10.6 Å². The van der Waals surface area contributed by atoms with E-state index >= 15 is 0 Å². The number of nitrogens with zero attached hydrogens (tertiary/aromatic N) is 3. The Labute approximate surface area is 133 Å². The highest BCUT2D eigenvalue weighted by Gasteiger charge is 2.18. The van der Waals surface area contributed by atoms with Gasteiger partial charge in [-0.3, -0.25) is 20.2 Å². The lowest BCUT2D eigenvalue weighted by Crippen LogP contribution is -2.28. The first-order chi connectivity index (χ1) is 10.5. The molecule has 0 saturated heterocycles. The first-order valence-corrected chi connectivity index (χ1v) is 7.95. The largest absolute Gasteiger partial charge is 0.315 e. The number of rotatable bonds is 2. The van der Waals surface area contributed by atoms with E-state index in [9.17, 15) is 9.59 Å². The van der Waals surface area contributed by atoms with E-state index in [0.717, 1.165) is 15.8 Å². The van der Waals surface area contributed by atoms with Crippen molar-refractivity contribution in [3.8, 4) is 0 Å². The van der Waals surface area contributed by atoms with Crippen molar-refractivity contribution in [1.29, 1.82) is 0 Å². The summed E-state index contributed by atoms with van der Waals surface area (Å²) in [5.41, 5.74) is 1.84. The Balaban J connectivity index is 1.72. The smallest absolute Gasteiger partial charge is 0.294 e. The standard InChI is InChI=1S/C13H11N5O2S2/c1-6-4-3-5-8-9(6)14-12(22-8)15-10(19)11(20)16-13-18-17-7(2)21-13/h3-5H,1-2H3,(H,14,15,19)(H,16,18,20). The summed E-state index contributed by atoms with van der Waals surface area (Å²) >= 11 is 2.52. The number of hydrogen-bond donors (Lipinski definition) is 2. The molecule has 2 N–H and O–H groups in total. The molecule has 2 aromatic heterocycles. The monoisotopic (exact) mass is 333 g/mol. The number of thiazole rings is 1. The fraction of sp³-hybridized carbons (Fsp3) is 0.154. The molecule has 0 atom stereocenters. The van der Waals surface area contributed by atoms with E-state index < -0.39 is 11.8 Å². The summed E-state index contributed by atoms with van der Waals surface area (Å²) in [7, 11) is 0. The number of carbonyl (C=O) groups is 2. The van der Waals surface area contributed by atoms with Gasteiger partial charge in [-0.1, -0.05) is 34.8 Å². The highest BCUT2D eigenvalue weighted by Crippen LogP contribution is 2.27. The topological polar surface area (TPSA) is 96.9 Å². The van der Waals surface area contributed by atoms with Gasteiger partial charge < -0.3 is 0 Å².